The first kappa shape index (κ1) is 23.3. The van der Waals surface area contributed by atoms with Crippen LogP contribution in [-0.2, 0) is 0 Å². The van der Waals surface area contributed by atoms with E-state index in [0.717, 1.165) is 70.8 Å². The van der Waals surface area contributed by atoms with Gasteiger partial charge in [-0.3, -0.25) is 0 Å². The summed E-state index contributed by atoms with van der Waals surface area (Å²) in [6.45, 7) is 7.70. The van der Waals surface area contributed by atoms with Crippen molar-refractivity contribution in [2.45, 2.75) is 97.8 Å². The highest BCUT2D eigenvalue weighted by molar-refractivity contribution is 7.80. The van der Waals surface area contributed by atoms with Crippen LogP contribution >= 0.6 is 12.6 Å². The highest BCUT2D eigenvalue weighted by atomic mass is 32.1. The maximum Gasteiger partial charge on any atom is -0.00641 e. The van der Waals surface area contributed by atoms with Crippen molar-refractivity contribution in [2.75, 3.05) is 5.75 Å². The summed E-state index contributed by atoms with van der Waals surface area (Å²) in [5.41, 5.74) is 0. The molecular weight excluding hydrogens is 440 g/mol. The average Bonchev–Trinajstić information content (AvgIpc) is 3.65. The van der Waals surface area contributed by atoms with Gasteiger partial charge in [0.05, 0.1) is 0 Å². The fourth-order valence-electron chi connectivity index (χ4n) is 11.8. The van der Waals surface area contributed by atoms with Crippen LogP contribution in [0.3, 0.4) is 0 Å². The Labute approximate surface area is 222 Å². The fraction of sp³-hybridized carbons (Fsp3) is 1.00. The minimum atomic E-state index is 0.920. The van der Waals surface area contributed by atoms with Gasteiger partial charge in [0, 0.05) is 0 Å². The molecule has 8 aliphatic carbocycles. The standard InChI is InChI=1S/C34H54S/c1-4-18-6-7-19-9-24(19)34(16-35)17(3)23-10-20(23)8-21-11-25(21)27-13-29(27)31-15-33(31)32-14-30(32)28-12-26(28)22(18)5-2/h17-35H,4-16H2,1-3H3. The van der Waals surface area contributed by atoms with Gasteiger partial charge in [0.25, 0.3) is 0 Å². The quantitative estimate of drug-likeness (QED) is 0.372. The molecule has 0 spiro atoms. The van der Waals surface area contributed by atoms with Gasteiger partial charge in [-0.15, -0.1) is 0 Å². The summed E-state index contributed by atoms with van der Waals surface area (Å²) in [6.07, 6.45) is 18.9. The minimum Gasteiger partial charge on any atom is -0.179 e. The predicted molar refractivity (Wildman–Crippen MR) is 149 cm³/mol. The molecule has 8 fully saturated rings. The van der Waals surface area contributed by atoms with Crippen molar-refractivity contribution in [1.82, 2.24) is 0 Å². The first-order valence-corrected chi connectivity index (χ1v) is 17.3. The topological polar surface area (TPSA) is 0 Å². The molecule has 18 atom stereocenters. The molecular formula is C34H54S. The van der Waals surface area contributed by atoms with Crippen LogP contribution in [0.1, 0.15) is 97.8 Å². The van der Waals surface area contributed by atoms with Crippen molar-refractivity contribution < 1.29 is 0 Å². The van der Waals surface area contributed by atoms with Crippen LogP contribution < -0.4 is 0 Å². The molecule has 18 unspecified atom stereocenters. The van der Waals surface area contributed by atoms with Gasteiger partial charge in [-0.05, 0) is 176 Å². The lowest BCUT2D eigenvalue weighted by atomic mass is 9.79. The van der Waals surface area contributed by atoms with E-state index >= 15 is 0 Å². The number of rotatable bonds is 3. The molecule has 0 amide bonds. The lowest BCUT2D eigenvalue weighted by Crippen LogP contribution is -2.20. The highest BCUT2D eigenvalue weighted by Gasteiger charge is 2.67. The smallest absolute Gasteiger partial charge is 0.00641 e. The molecule has 0 aliphatic heterocycles. The number of hydrogen-bond acceptors (Lipinski definition) is 1. The zero-order valence-electron chi connectivity index (χ0n) is 23.0. The molecule has 0 radical (unpaired) electrons. The Bertz CT molecular complexity index is 819. The zero-order valence-corrected chi connectivity index (χ0v) is 23.9. The highest BCUT2D eigenvalue weighted by Crippen LogP contribution is 2.74. The third-order valence-corrected chi connectivity index (χ3v) is 14.9. The van der Waals surface area contributed by atoms with Crippen LogP contribution in [0.4, 0.5) is 0 Å². The molecule has 8 saturated carbocycles. The van der Waals surface area contributed by atoms with Crippen LogP contribution in [0, 0.1) is 107 Å². The average molecular weight is 495 g/mol. The molecule has 0 nitrogen and oxygen atoms in total. The molecule has 0 bridgehead atoms. The third kappa shape index (κ3) is 4.13. The van der Waals surface area contributed by atoms with Crippen molar-refractivity contribution in [2.24, 2.45) is 107 Å². The number of hydrogen-bond donors (Lipinski definition) is 1. The summed E-state index contributed by atoms with van der Waals surface area (Å²) in [4.78, 5) is 0. The van der Waals surface area contributed by atoms with E-state index in [2.05, 4.69) is 20.8 Å². The van der Waals surface area contributed by atoms with Gasteiger partial charge >= 0.3 is 0 Å². The van der Waals surface area contributed by atoms with Gasteiger partial charge in [-0.25, -0.2) is 0 Å². The van der Waals surface area contributed by atoms with Gasteiger partial charge in [-0.2, -0.15) is 12.6 Å². The van der Waals surface area contributed by atoms with Gasteiger partial charge in [-0.1, -0.05) is 33.6 Å². The molecule has 196 valence electrons. The Hall–Kier alpha value is 0.350. The molecule has 35 heavy (non-hydrogen) atoms. The Kier molecular flexibility index (Phi) is 5.60. The van der Waals surface area contributed by atoms with Gasteiger partial charge in [0.2, 0.25) is 0 Å². The van der Waals surface area contributed by atoms with E-state index in [9.17, 15) is 0 Å². The largest absolute Gasteiger partial charge is 0.179 e. The normalized spacial score (nSPS) is 63.8. The molecule has 8 aliphatic rings. The van der Waals surface area contributed by atoms with Crippen LogP contribution in [-0.4, -0.2) is 5.75 Å². The molecule has 0 aromatic rings. The maximum atomic E-state index is 4.94. The van der Waals surface area contributed by atoms with Crippen LogP contribution in [0.25, 0.3) is 0 Å². The summed E-state index contributed by atoms with van der Waals surface area (Å²) >= 11 is 4.94. The van der Waals surface area contributed by atoms with Crippen molar-refractivity contribution >= 4 is 12.6 Å². The van der Waals surface area contributed by atoms with E-state index in [0.29, 0.717) is 0 Å². The van der Waals surface area contributed by atoms with Crippen molar-refractivity contribution in [1.29, 1.82) is 0 Å². The molecule has 0 saturated heterocycles. The molecule has 0 heterocycles. The Morgan fingerprint density at radius 1 is 0.486 bits per heavy atom. The molecule has 8 rings (SSSR count). The second kappa shape index (κ2) is 8.42. The van der Waals surface area contributed by atoms with Crippen LogP contribution in [0.2, 0.25) is 0 Å². The molecule has 0 N–H and O–H groups in total. The molecule has 0 aromatic heterocycles. The van der Waals surface area contributed by atoms with E-state index < -0.39 is 0 Å². The SMILES string of the molecule is CCC1CCC2CC2C(CS)C(C)C2CC2CC2CC2C2CC2C2CC2C2CC2C2CC2C1CC. The summed E-state index contributed by atoms with van der Waals surface area (Å²) < 4.78 is 0. The van der Waals surface area contributed by atoms with Crippen molar-refractivity contribution in [3.8, 4) is 0 Å². The van der Waals surface area contributed by atoms with E-state index in [1.165, 1.54) is 54.3 Å². The van der Waals surface area contributed by atoms with E-state index in [4.69, 9.17) is 12.6 Å². The van der Waals surface area contributed by atoms with Crippen LogP contribution in [0.15, 0.2) is 0 Å². The third-order valence-electron chi connectivity index (χ3n) is 14.5. The van der Waals surface area contributed by atoms with E-state index in [1.807, 2.05) is 0 Å². The van der Waals surface area contributed by atoms with Crippen molar-refractivity contribution in [3.05, 3.63) is 0 Å². The number of fused-ring (bicyclic) bond motifs is 11. The van der Waals surface area contributed by atoms with E-state index in [-0.39, 0.29) is 0 Å². The summed E-state index contributed by atoms with van der Waals surface area (Å²) in [7, 11) is 0. The Morgan fingerprint density at radius 3 is 1.66 bits per heavy atom. The molecule has 0 aromatic carbocycles. The first-order chi connectivity index (χ1) is 17.1. The maximum absolute atomic E-state index is 4.94. The number of thiol groups is 1. The first-order valence-electron chi connectivity index (χ1n) is 16.7. The summed E-state index contributed by atoms with van der Waals surface area (Å²) in [5, 5.41) is 0. The van der Waals surface area contributed by atoms with E-state index in [1.54, 1.807) is 64.2 Å². The lowest BCUT2D eigenvalue weighted by Gasteiger charge is -2.27. The van der Waals surface area contributed by atoms with Crippen molar-refractivity contribution in [3.63, 3.8) is 0 Å². The monoisotopic (exact) mass is 494 g/mol. The lowest BCUT2D eigenvalue weighted by molar-refractivity contribution is 0.233. The summed E-state index contributed by atoms with van der Waals surface area (Å²) in [6, 6.07) is 0. The predicted octanol–water partition coefficient (Wildman–Crippen LogP) is 8.86. The fourth-order valence-corrected chi connectivity index (χ4v) is 12.4. The second-order valence-electron chi connectivity index (χ2n) is 16.0. The Balaban J connectivity index is 0.964. The van der Waals surface area contributed by atoms with Gasteiger partial charge < -0.3 is 0 Å². The second-order valence-corrected chi connectivity index (χ2v) is 16.4. The summed E-state index contributed by atoms with van der Waals surface area (Å²) in [5.74, 6) is 21.1. The zero-order chi connectivity index (χ0) is 23.6. The van der Waals surface area contributed by atoms with Gasteiger partial charge in [0.1, 0.15) is 0 Å². The van der Waals surface area contributed by atoms with Gasteiger partial charge in [0.15, 0.2) is 0 Å². The Morgan fingerprint density at radius 2 is 1.03 bits per heavy atom. The molecule has 1 heteroatoms. The van der Waals surface area contributed by atoms with Crippen LogP contribution in [0.5, 0.6) is 0 Å². The minimum absolute atomic E-state index is 0.920.